The largest absolute Gasteiger partial charge is 0.496 e. The van der Waals surface area contributed by atoms with Crippen molar-refractivity contribution in [3.8, 4) is 17.2 Å². The first-order valence-corrected chi connectivity index (χ1v) is 8.48. The van der Waals surface area contributed by atoms with E-state index in [9.17, 15) is 4.79 Å². The number of ketones is 1. The van der Waals surface area contributed by atoms with E-state index in [1.165, 1.54) is 0 Å². The Bertz CT molecular complexity index is 852. The number of rotatable bonds is 3. The summed E-state index contributed by atoms with van der Waals surface area (Å²) in [7, 11) is 3.25. The Hall–Kier alpha value is -2.75. The van der Waals surface area contributed by atoms with Crippen molar-refractivity contribution in [2.45, 2.75) is 25.2 Å². The molecule has 25 heavy (non-hydrogen) atoms. The highest BCUT2D eigenvalue weighted by Crippen LogP contribution is 2.51. The molecule has 2 aliphatic rings. The van der Waals surface area contributed by atoms with Gasteiger partial charge >= 0.3 is 0 Å². The van der Waals surface area contributed by atoms with Crippen molar-refractivity contribution in [3.05, 3.63) is 64.9 Å². The summed E-state index contributed by atoms with van der Waals surface area (Å²) in [5.41, 5.74) is 2.73. The van der Waals surface area contributed by atoms with Crippen LogP contribution in [0.3, 0.4) is 0 Å². The van der Waals surface area contributed by atoms with Gasteiger partial charge in [-0.25, -0.2) is 0 Å². The fraction of sp³-hybridized carbons (Fsp3) is 0.286. The topological polar surface area (TPSA) is 44.8 Å². The number of carbonyl (C=O) groups excluding carboxylic acids is 1. The van der Waals surface area contributed by atoms with Crippen LogP contribution < -0.4 is 14.2 Å². The van der Waals surface area contributed by atoms with E-state index in [4.69, 9.17) is 14.2 Å². The zero-order chi connectivity index (χ0) is 17.4. The Morgan fingerprint density at radius 2 is 1.84 bits per heavy atom. The number of Topliss-reactive ketones (excluding diaryl/α,β-unsaturated/α-hetero) is 1. The van der Waals surface area contributed by atoms with E-state index >= 15 is 0 Å². The molecule has 4 heteroatoms. The molecule has 1 atom stereocenters. The highest BCUT2D eigenvalue weighted by molar-refractivity contribution is 5.99. The molecule has 1 aliphatic heterocycles. The van der Waals surface area contributed by atoms with Gasteiger partial charge < -0.3 is 14.2 Å². The van der Waals surface area contributed by atoms with E-state index in [0.717, 1.165) is 35.3 Å². The second kappa shape index (κ2) is 6.28. The zero-order valence-corrected chi connectivity index (χ0v) is 14.4. The Labute approximate surface area is 147 Å². The molecule has 128 valence electrons. The number of benzene rings is 2. The van der Waals surface area contributed by atoms with Gasteiger partial charge in [0, 0.05) is 42.0 Å². The maximum atomic E-state index is 12.7. The van der Waals surface area contributed by atoms with Gasteiger partial charge in [-0.05, 0) is 12.0 Å². The van der Waals surface area contributed by atoms with Gasteiger partial charge in [0.1, 0.15) is 23.0 Å². The lowest BCUT2D eigenvalue weighted by atomic mass is 9.76. The minimum atomic E-state index is -0.173. The van der Waals surface area contributed by atoms with Crippen molar-refractivity contribution in [2.24, 2.45) is 0 Å². The van der Waals surface area contributed by atoms with Crippen molar-refractivity contribution in [1.82, 2.24) is 0 Å². The number of allylic oxidation sites excluding steroid dienone is 2. The molecule has 0 radical (unpaired) electrons. The van der Waals surface area contributed by atoms with Crippen LogP contribution in [0.5, 0.6) is 17.2 Å². The Kier molecular flexibility index (Phi) is 3.96. The SMILES string of the molecule is COc1cc(OC)c2c(c1)OC1=C(C(=O)CCC1)C2c1ccccc1. The fourth-order valence-corrected chi connectivity index (χ4v) is 3.75. The average Bonchev–Trinajstić information content (AvgIpc) is 2.66. The minimum absolute atomic E-state index is 0.165. The Balaban J connectivity index is 1.98. The lowest BCUT2D eigenvalue weighted by Gasteiger charge is -2.34. The number of fused-ring (bicyclic) bond motifs is 1. The summed E-state index contributed by atoms with van der Waals surface area (Å²) in [5, 5.41) is 0. The number of hydrogen-bond acceptors (Lipinski definition) is 4. The normalized spacial score (nSPS) is 19.0. The van der Waals surface area contributed by atoms with Crippen molar-refractivity contribution in [3.63, 3.8) is 0 Å². The molecule has 0 spiro atoms. The Morgan fingerprint density at radius 1 is 1.04 bits per heavy atom. The molecule has 1 aliphatic carbocycles. The van der Waals surface area contributed by atoms with E-state index < -0.39 is 0 Å². The average molecular weight is 336 g/mol. The zero-order valence-electron chi connectivity index (χ0n) is 14.4. The Morgan fingerprint density at radius 3 is 2.56 bits per heavy atom. The van der Waals surface area contributed by atoms with Gasteiger partial charge in [-0.15, -0.1) is 0 Å². The van der Waals surface area contributed by atoms with Crippen molar-refractivity contribution in [2.75, 3.05) is 14.2 Å². The van der Waals surface area contributed by atoms with Crippen molar-refractivity contribution in [1.29, 1.82) is 0 Å². The monoisotopic (exact) mass is 336 g/mol. The first kappa shape index (κ1) is 15.8. The molecular formula is C21H20O4. The fourth-order valence-electron chi connectivity index (χ4n) is 3.75. The molecule has 1 unspecified atom stereocenters. The van der Waals surface area contributed by atoms with Crippen molar-refractivity contribution < 1.29 is 19.0 Å². The van der Waals surface area contributed by atoms with Crippen LogP contribution in [0, 0.1) is 0 Å². The number of methoxy groups -OCH3 is 2. The van der Waals surface area contributed by atoms with Crippen LogP contribution in [0.15, 0.2) is 53.8 Å². The maximum Gasteiger partial charge on any atom is 0.163 e. The lowest BCUT2D eigenvalue weighted by Crippen LogP contribution is -2.26. The van der Waals surface area contributed by atoms with Gasteiger partial charge in [-0.2, -0.15) is 0 Å². The maximum absolute atomic E-state index is 12.7. The molecule has 2 aromatic rings. The van der Waals surface area contributed by atoms with Gasteiger partial charge in [0.05, 0.1) is 14.2 Å². The van der Waals surface area contributed by atoms with Crippen LogP contribution in [0.4, 0.5) is 0 Å². The van der Waals surface area contributed by atoms with Crippen LogP contribution in [-0.2, 0) is 4.79 Å². The third-order valence-electron chi connectivity index (χ3n) is 4.89. The third-order valence-corrected chi connectivity index (χ3v) is 4.89. The number of carbonyl (C=O) groups is 1. The minimum Gasteiger partial charge on any atom is -0.496 e. The number of hydrogen-bond donors (Lipinski definition) is 0. The summed E-state index contributed by atoms with van der Waals surface area (Å²) in [6.45, 7) is 0. The first-order chi connectivity index (χ1) is 12.2. The molecule has 1 heterocycles. The molecule has 0 saturated heterocycles. The molecule has 2 aromatic carbocycles. The van der Waals surface area contributed by atoms with Crippen LogP contribution in [0.25, 0.3) is 0 Å². The second-order valence-electron chi connectivity index (χ2n) is 6.30. The molecule has 4 rings (SSSR count). The van der Waals surface area contributed by atoms with E-state index in [2.05, 4.69) is 12.1 Å². The number of ether oxygens (including phenoxy) is 3. The van der Waals surface area contributed by atoms with Gasteiger partial charge in [0.2, 0.25) is 0 Å². The van der Waals surface area contributed by atoms with E-state index in [1.807, 2.05) is 30.3 Å². The molecule has 0 aromatic heterocycles. The summed E-state index contributed by atoms with van der Waals surface area (Å²) >= 11 is 0. The van der Waals surface area contributed by atoms with Crippen LogP contribution in [-0.4, -0.2) is 20.0 Å². The molecule has 4 nitrogen and oxygen atoms in total. The summed E-state index contributed by atoms with van der Waals surface area (Å²) in [5.74, 6) is 2.83. The first-order valence-electron chi connectivity index (χ1n) is 8.48. The highest BCUT2D eigenvalue weighted by atomic mass is 16.5. The van der Waals surface area contributed by atoms with E-state index in [1.54, 1.807) is 14.2 Å². The highest BCUT2D eigenvalue weighted by Gasteiger charge is 2.38. The molecule has 0 N–H and O–H groups in total. The molecule has 0 saturated carbocycles. The predicted octanol–water partition coefficient (Wildman–Crippen LogP) is 4.24. The third kappa shape index (κ3) is 2.58. The summed E-state index contributed by atoms with van der Waals surface area (Å²) in [6, 6.07) is 13.8. The molecule has 0 bridgehead atoms. The smallest absolute Gasteiger partial charge is 0.163 e. The van der Waals surface area contributed by atoms with Crippen LogP contribution in [0.2, 0.25) is 0 Å². The summed E-state index contributed by atoms with van der Waals surface area (Å²) < 4.78 is 17.1. The van der Waals surface area contributed by atoms with E-state index in [0.29, 0.717) is 23.7 Å². The second-order valence-corrected chi connectivity index (χ2v) is 6.30. The van der Waals surface area contributed by atoms with Crippen LogP contribution >= 0.6 is 0 Å². The van der Waals surface area contributed by atoms with Gasteiger partial charge in [-0.3, -0.25) is 4.79 Å². The van der Waals surface area contributed by atoms with Crippen molar-refractivity contribution >= 4 is 5.78 Å². The predicted molar refractivity (Wildman–Crippen MR) is 94.3 cm³/mol. The molecule has 0 fully saturated rings. The quantitative estimate of drug-likeness (QED) is 0.841. The summed E-state index contributed by atoms with van der Waals surface area (Å²) in [4.78, 5) is 12.7. The van der Waals surface area contributed by atoms with Gasteiger partial charge in [0.25, 0.3) is 0 Å². The summed E-state index contributed by atoms with van der Waals surface area (Å²) in [6.07, 6.45) is 2.18. The standard InChI is InChI=1S/C21H20O4/c1-23-14-11-17(24-2)21-18(12-14)25-16-10-6-9-15(22)20(16)19(21)13-7-4-3-5-8-13/h3-5,7-8,11-12,19H,6,9-10H2,1-2H3. The van der Waals surface area contributed by atoms with Gasteiger partial charge in [0.15, 0.2) is 5.78 Å². The molecular weight excluding hydrogens is 316 g/mol. The van der Waals surface area contributed by atoms with Crippen LogP contribution in [0.1, 0.15) is 36.3 Å². The van der Waals surface area contributed by atoms with Gasteiger partial charge in [-0.1, -0.05) is 30.3 Å². The molecule has 0 amide bonds. The van der Waals surface area contributed by atoms with E-state index in [-0.39, 0.29) is 11.7 Å². The lowest BCUT2D eigenvalue weighted by molar-refractivity contribution is -0.116.